The summed E-state index contributed by atoms with van der Waals surface area (Å²) in [6.45, 7) is -0.316. The fraction of sp³-hybridized carbons (Fsp3) is 0.385. The molecule has 0 spiro atoms. The molecule has 1 aromatic rings. The molecule has 2 rings (SSSR count). The standard InChI is InChI=1S/C13H12F3N3O/c14-13(15,16)12(5-6-18-8-12)11(20)19-10-4-2-1-3-9(10)7-17/h1-4,18H,5-6,8H2,(H,19,20). The smallest absolute Gasteiger partial charge is 0.324 e. The number of halogens is 3. The van der Waals surface area contributed by atoms with E-state index in [0.29, 0.717) is 0 Å². The number of nitrogens with zero attached hydrogens (tertiary/aromatic N) is 1. The summed E-state index contributed by atoms with van der Waals surface area (Å²) in [5, 5.41) is 13.7. The number of hydrogen-bond donors (Lipinski definition) is 2. The second-order valence-corrected chi connectivity index (χ2v) is 4.62. The van der Waals surface area contributed by atoms with E-state index in [9.17, 15) is 18.0 Å². The second kappa shape index (κ2) is 5.13. The van der Waals surface area contributed by atoms with Gasteiger partial charge in [0.2, 0.25) is 5.91 Å². The maximum absolute atomic E-state index is 13.2. The van der Waals surface area contributed by atoms with Crippen molar-refractivity contribution in [3.05, 3.63) is 29.8 Å². The number of anilines is 1. The largest absolute Gasteiger partial charge is 0.404 e. The lowest BCUT2D eigenvalue weighted by atomic mass is 9.85. The molecule has 0 aromatic heterocycles. The first-order valence-electron chi connectivity index (χ1n) is 5.99. The lowest BCUT2D eigenvalue weighted by Gasteiger charge is -2.29. The van der Waals surface area contributed by atoms with E-state index in [-0.39, 0.29) is 24.2 Å². The van der Waals surface area contributed by atoms with Crippen molar-refractivity contribution >= 4 is 11.6 Å². The number of nitrogens with one attached hydrogen (secondary N) is 2. The van der Waals surface area contributed by atoms with Crippen molar-refractivity contribution < 1.29 is 18.0 Å². The summed E-state index contributed by atoms with van der Waals surface area (Å²) in [5.41, 5.74) is -2.21. The zero-order valence-electron chi connectivity index (χ0n) is 10.4. The minimum atomic E-state index is -4.64. The Kier molecular flexibility index (Phi) is 3.68. The van der Waals surface area contributed by atoms with E-state index in [4.69, 9.17) is 5.26 Å². The zero-order chi connectivity index (χ0) is 14.8. The van der Waals surface area contributed by atoms with Gasteiger partial charge in [-0.05, 0) is 25.1 Å². The minimum Gasteiger partial charge on any atom is -0.324 e. The molecule has 1 saturated heterocycles. The molecule has 1 aromatic carbocycles. The third-order valence-electron chi connectivity index (χ3n) is 3.43. The molecule has 20 heavy (non-hydrogen) atoms. The fourth-order valence-corrected chi connectivity index (χ4v) is 2.19. The van der Waals surface area contributed by atoms with E-state index in [0.717, 1.165) is 0 Å². The lowest BCUT2D eigenvalue weighted by molar-refractivity contribution is -0.213. The van der Waals surface area contributed by atoms with Crippen LogP contribution in [0.15, 0.2) is 24.3 Å². The third-order valence-corrected chi connectivity index (χ3v) is 3.43. The highest BCUT2D eigenvalue weighted by Gasteiger charge is 2.61. The monoisotopic (exact) mass is 283 g/mol. The summed E-state index contributed by atoms with van der Waals surface area (Å²) in [6, 6.07) is 7.79. The van der Waals surface area contributed by atoms with Crippen molar-refractivity contribution in [3.63, 3.8) is 0 Å². The first-order valence-corrected chi connectivity index (χ1v) is 5.99. The molecule has 0 aliphatic carbocycles. The van der Waals surface area contributed by atoms with Gasteiger partial charge in [-0.1, -0.05) is 12.1 Å². The van der Waals surface area contributed by atoms with Gasteiger partial charge in [-0.2, -0.15) is 18.4 Å². The average molecular weight is 283 g/mol. The van der Waals surface area contributed by atoms with Crippen molar-refractivity contribution in [3.8, 4) is 6.07 Å². The van der Waals surface area contributed by atoms with Crippen LogP contribution < -0.4 is 10.6 Å². The Balaban J connectivity index is 2.29. The molecule has 7 heteroatoms. The highest BCUT2D eigenvalue weighted by molar-refractivity contribution is 5.97. The van der Waals surface area contributed by atoms with Crippen molar-refractivity contribution in [1.29, 1.82) is 5.26 Å². The SMILES string of the molecule is N#Cc1ccccc1NC(=O)C1(C(F)(F)F)CCNC1. The summed E-state index contributed by atoms with van der Waals surface area (Å²) in [6.07, 6.45) is -4.95. The number of carbonyl (C=O) groups is 1. The van der Waals surface area contributed by atoms with Crippen LogP contribution in [-0.4, -0.2) is 25.2 Å². The number of alkyl halides is 3. The molecule has 0 bridgehead atoms. The molecule has 1 aliphatic heterocycles. The molecule has 1 fully saturated rings. The molecule has 1 aliphatic rings. The lowest BCUT2D eigenvalue weighted by Crippen LogP contribution is -2.49. The van der Waals surface area contributed by atoms with Crippen molar-refractivity contribution in [2.75, 3.05) is 18.4 Å². The number of nitriles is 1. The minimum absolute atomic E-state index is 0.0931. The Labute approximate surface area is 113 Å². The molecular weight excluding hydrogens is 271 g/mol. The Morgan fingerprint density at radius 2 is 2.10 bits per heavy atom. The van der Waals surface area contributed by atoms with E-state index in [2.05, 4.69) is 10.6 Å². The summed E-state index contributed by atoms with van der Waals surface area (Å²) < 4.78 is 39.6. The molecule has 1 unspecified atom stereocenters. The number of hydrogen-bond acceptors (Lipinski definition) is 3. The summed E-state index contributed by atoms with van der Waals surface area (Å²) in [7, 11) is 0. The van der Waals surface area contributed by atoms with Crippen molar-refractivity contribution in [1.82, 2.24) is 5.32 Å². The van der Waals surface area contributed by atoms with E-state index in [1.807, 2.05) is 6.07 Å². The molecule has 0 radical (unpaired) electrons. The molecule has 1 amide bonds. The Bertz CT molecular complexity index is 557. The van der Waals surface area contributed by atoms with Gasteiger partial charge < -0.3 is 10.6 Å². The molecule has 106 valence electrons. The van der Waals surface area contributed by atoms with Gasteiger partial charge in [0.25, 0.3) is 0 Å². The van der Waals surface area contributed by atoms with Crippen molar-refractivity contribution in [2.45, 2.75) is 12.6 Å². The predicted octanol–water partition coefficient (Wildman–Crippen LogP) is 2.04. The van der Waals surface area contributed by atoms with Gasteiger partial charge >= 0.3 is 6.18 Å². The van der Waals surface area contributed by atoms with Crippen LogP contribution in [0.3, 0.4) is 0 Å². The van der Waals surface area contributed by atoms with E-state index >= 15 is 0 Å². The average Bonchev–Trinajstić information content (AvgIpc) is 2.89. The maximum Gasteiger partial charge on any atom is 0.404 e. The van der Waals surface area contributed by atoms with Gasteiger partial charge in [-0.25, -0.2) is 0 Å². The van der Waals surface area contributed by atoms with E-state index in [1.54, 1.807) is 12.1 Å². The molecule has 1 heterocycles. The van der Waals surface area contributed by atoms with Gasteiger partial charge in [0, 0.05) is 6.54 Å². The van der Waals surface area contributed by atoms with Gasteiger partial charge in [0.05, 0.1) is 11.3 Å². The fourth-order valence-electron chi connectivity index (χ4n) is 2.19. The number of amides is 1. The van der Waals surface area contributed by atoms with Gasteiger partial charge in [0.1, 0.15) is 6.07 Å². The van der Waals surface area contributed by atoms with E-state index < -0.39 is 24.0 Å². The summed E-state index contributed by atoms with van der Waals surface area (Å²) in [4.78, 5) is 12.1. The summed E-state index contributed by atoms with van der Waals surface area (Å²) >= 11 is 0. The predicted molar refractivity (Wildman–Crippen MR) is 65.8 cm³/mol. The maximum atomic E-state index is 13.2. The summed E-state index contributed by atoms with van der Waals surface area (Å²) in [5.74, 6) is -1.13. The quantitative estimate of drug-likeness (QED) is 0.873. The Morgan fingerprint density at radius 3 is 2.65 bits per heavy atom. The van der Waals surface area contributed by atoms with Crippen LogP contribution in [0.5, 0.6) is 0 Å². The topological polar surface area (TPSA) is 64.9 Å². The number of para-hydroxylation sites is 1. The second-order valence-electron chi connectivity index (χ2n) is 4.62. The number of carbonyl (C=O) groups excluding carboxylic acids is 1. The molecular formula is C13H12F3N3O. The van der Waals surface area contributed by atoms with Crippen LogP contribution >= 0.6 is 0 Å². The van der Waals surface area contributed by atoms with Crippen LogP contribution in [0.1, 0.15) is 12.0 Å². The van der Waals surface area contributed by atoms with Crippen molar-refractivity contribution in [2.24, 2.45) is 5.41 Å². The number of rotatable bonds is 2. The van der Waals surface area contributed by atoms with Crippen LogP contribution in [0.25, 0.3) is 0 Å². The van der Waals surface area contributed by atoms with E-state index in [1.165, 1.54) is 12.1 Å². The number of benzene rings is 1. The zero-order valence-corrected chi connectivity index (χ0v) is 10.4. The first-order chi connectivity index (χ1) is 9.40. The highest BCUT2D eigenvalue weighted by Crippen LogP contribution is 2.43. The molecule has 0 saturated carbocycles. The van der Waals surface area contributed by atoms with Crippen LogP contribution in [0.2, 0.25) is 0 Å². The Morgan fingerprint density at radius 1 is 1.40 bits per heavy atom. The van der Waals surface area contributed by atoms with Gasteiger partial charge in [-0.3, -0.25) is 4.79 Å². The van der Waals surface area contributed by atoms with Crippen LogP contribution in [0, 0.1) is 16.7 Å². The van der Waals surface area contributed by atoms with Crippen LogP contribution in [-0.2, 0) is 4.79 Å². The van der Waals surface area contributed by atoms with Gasteiger partial charge in [0.15, 0.2) is 5.41 Å². The highest BCUT2D eigenvalue weighted by atomic mass is 19.4. The Hall–Kier alpha value is -2.07. The van der Waals surface area contributed by atoms with Crippen LogP contribution in [0.4, 0.5) is 18.9 Å². The third kappa shape index (κ3) is 2.34. The first kappa shape index (κ1) is 14.3. The molecule has 4 nitrogen and oxygen atoms in total. The van der Waals surface area contributed by atoms with Gasteiger partial charge in [-0.15, -0.1) is 0 Å². The normalized spacial score (nSPS) is 22.3. The molecule has 2 N–H and O–H groups in total. The molecule has 1 atom stereocenters.